The van der Waals surface area contributed by atoms with Gasteiger partial charge in [-0.05, 0) is 49.2 Å². The van der Waals surface area contributed by atoms with Gasteiger partial charge in [-0.2, -0.15) is 0 Å². The molecule has 6 nitrogen and oxygen atoms in total. The largest absolute Gasteiger partial charge is 0.497 e. The molecule has 2 aromatic carbocycles. The van der Waals surface area contributed by atoms with Crippen LogP contribution in [0.3, 0.4) is 0 Å². The van der Waals surface area contributed by atoms with Gasteiger partial charge in [-0.25, -0.2) is 9.97 Å². The second-order valence-corrected chi connectivity index (χ2v) is 9.80. The van der Waals surface area contributed by atoms with Gasteiger partial charge < -0.3 is 14.5 Å². The number of amides is 1. The smallest absolute Gasteiger partial charge is 0.253 e. The fourth-order valence-electron chi connectivity index (χ4n) is 4.40. The topological polar surface area (TPSA) is 58.6 Å². The molecule has 0 aliphatic carbocycles. The maximum Gasteiger partial charge on any atom is 0.253 e. The SMILES string of the molecule is COc1ccc(C(=O)N2CCN(c3nc(Cc4ccccc4)nc4sc(C)c(C)c34)CC2)cc1. The highest BCUT2D eigenvalue weighted by Gasteiger charge is 2.26. The van der Waals surface area contributed by atoms with Gasteiger partial charge in [-0.15, -0.1) is 11.3 Å². The number of methoxy groups -OCH3 is 1. The van der Waals surface area contributed by atoms with Gasteiger partial charge in [0.05, 0.1) is 12.5 Å². The third-order valence-electron chi connectivity index (χ3n) is 6.46. The van der Waals surface area contributed by atoms with Gasteiger partial charge in [0.2, 0.25) is 0 Å². The quantitative estimate of drug-likeness (QED) is 0.415. The Balaban J connectivity index is 1.39. The van der Waals surface area contributed by atoms with Gasteiger partial charge in [-0.3, -0.25) is 4.79 Å². The van der Waals surface area contributed by atoms with E-state index in [0.29, 0.717) is 25.1 Å². The number of nitrogens with zero attached hydrogens (tertiary/aromatic N) is 4. The molecule has 1 aliphatic rings. The molecule has 1 fully saturated rings. The van der Waals surface area contributed by atoms with E-state index in [4.69, 9.17) is 14.7 Å². The number of thiophene rings is 1. The molecule has 3 heterocycles. The molecular weight excluding hydrogens is 444 g/mol. The summed E-state index contributed by atoms with van der Waals surface area (Å²) < 4.78 is 5.21. The first-order valence-corrected chi connectivity index (χ1v) is 12.3. The molecule has 1 aliphatic heterocycles. The van der Waals surface area contributed by atoms with Gasteiger partial charge in [0.15, 0.2) is 0 Å². The maximum atomic E-state index is 13.0. The molecule has 4 aromatic rings. The van der Waals surface area contributed by atoms with Crippen LogP contribution >= 0.6 is 11.3 Å². The number of carbonyl (C=O) groups excluding carboxylic acids is 1. The second-order valence-electron chi connectivity index (χ2n) is 8.60. The van der Waals surface area contributed by atoms with E-state index in [2.05, 4.69) is 30.9 Å². The molecule has 34 heavy (non-hydrogen) atoms. The van der Waals surface area contributed by atoms with E-state index < -0.39 is 0 Å². The first-order valence-electron chi connectivity index (χ1n) is 11.5. The lowest BCUT2D eigenvalue weighted by atomic mass is 10.1. The van der Waals surface area contributed by atoms with Crippen LogP contribution in [-0.2, 0) is 6.42 Å². The van der Waals surface area contributed by atoms with E-state index in [9.17, 15) is 4.79 Å². The van der Waals surface area contributed by atoms with E-state index in [1.54, 1.807) is 18.4 Å². The van der Waals surface area contributed by atoms with E-state index in [1.807, 2.05) is 47.4 Å². The van der Waals surface area contributed by atoms with Crippen molar-refractivity contribution in [2.45, 2.75) is 20.3 Å². The third-order valence-corrected chi connectivity index (χ3v) is 7.57. The molecular formula is C27H28N4O2S. The van der Waals surface area contributed by atoms with Crippen molar-refractivity contribution in [3.8, 4) is 5.75 Å². The van der Waals surface area contributed by atoms with Crippen LogP contribution < -0.4 is 9.64 Å². The molecule has 0 N–H and O–H groups in total. The van der Waals surface area contributed by atoms with Crippen LogP contribution in [0.4, 0.5) is 5.82 Å². The molecule has 0 spiro atoms. The van der Waals surface area contributed by atoms with Gasteiger partial charge in [0, 0.05) is 43.0 Å². The standard InChI is InChI=1S/C27H28N4O2S/c1-18-19(2)34-26-24(18)25(28-23(29-26)17-20-7-5-4-6-8-20)30-13-15-31(16-14-30)27(32)21-9-11-22(33-3)12-10-21/h4-12H,13-17H2,1-3H3. The van der Waals surface area contributed by atoms with Crippen LogP contribution in [-0.4, -0.2) is 54.1 Å². The van der Waals surface area contributed by atoms with E-state index in [-0.39, 0.29) is 5.91 Å². The van der Waals surface area contributed by atoms with Crippen LogP contribution in [0.5, 0.6) is 5.75 Å². The highest BCUT2D eigenvalue weighted by atomic mass is 32.1. The molecule has 2 aromatic heterocycles. The highest BCUT2D eigenvalue weighted by Crippen LogP contribution is 2.35. The number of piperazine rings is 1. The van der Waals surface area contributed by atoms with Gasteiger partial charge in [0.1, 0.15) is 22.2 Å². The summed E-state index contributed by atoms with van der Waals surface area (Å²) in [6.07, 6.45) is 0.704. The van der Waals surface area contributed by atoms with Crippen molar-refractivity contribution in [2.24, 2.45) is 0 Å². The monoisotopic (exact) mass is 472 g/mol. The molecule has 5 rings (SSSR count). The Morgan fingerprint density at radius 1 is 0.971 bits per heavy atom. The lowest BCUT2D eigenvalue weighted by molar-refractivity contribution is 0.0746. The first-order chi connectivity index (χ1) is 16.5. The van der Waals surface area contributed by atoms with Crippen LogP contribution in [0.15, 0.2) is 54.6 Å². The average molecular weight is 473 g/mol. The minimum atomic E-state index is 0.0578. The Hall–Kier alpha value is -3.45. The predicted molar refractivity (Wildman–Crippen MR) is 137 cm³/mol. The lowest BCUT2D eigenvalue weighted by Crippen LogP contribution is -2.49. The number of hydrogen-bond acceptors (Lipinski definition) is 6. The number of aromatic nitrogens is 2. The number of hydrogen-bond donors (Lipinski definition) is 0. The molecule has 0 atom stereocenters. The summed E-state index contributed by atoms with van der Waals surface area (Å²) in [5.74, 6) is 2.64. The summed E-state index contributed by atoms with van der Waals surface area (Å²) >= 11 is 1.73. The van der Waals surface area contributed by atoms with Crippen LogP contribution in [0.1, 0.15) is 32.2 Å². The van der Waals surface area contributed by atoms with E-state index in [0.717, 1.165) is 40.7 Å². The summed E-state index contributed by atoms with van der Waals surface area (Å²) in [6.45, 7) is 7.11. The maximum absolute atomic E-state index is 13.0. The summed E-state index contributed by atoms with van der Waals surface area (Å²) in [7, 11) is 1.63. The summed E-state index contributed by atoms with van der Waals surface area (Å²) in [6, 6.07) is 17.7. The molecule has 7 heteroatoms. The molecule has 0 bridgehead atoms. The predicted octanol–water partition coefficient (Wildman–Crippen LogP) is 4.87. The fraction of sp³-hybridized carbons (Fsp3) is 0.296. The summed E-state index contributed by atoms with van der Waals surface area (Å²) in [5, 5.41) is 1.15. The number of rotatable bonds is 5. The molecule has 1 saturated heterocycles. The van der Waals surface area contributed by atoms with Crippen molar-refractivity contribution in [3.05, 3.63) is 82.0 Å². The number of benzene rings is 2. The van der Waals surface area contributed by atoms with Gasteiger partial charge >= 0.3 is 0 Å². The fourth-order valence-corrected chi connectivity index (χ4v) is 5.44. The van der Waals surface area contributed by atoms with Crippen LogP contribution in [0.25, 0.3) is 10.2 Å². The van der Waals surface area contributed by atoms with Crippen molar-refractivity contribution < 1.29 is 9.53 Å². The number of ether oxygens (including phenoxy) is 1. The Morgan fingerprint density at radius 3 is 2.35 bits per heavy atom. The van der Waals surface area contributed by atoms with Gasteiger partial charge in [-0.1, -0.05) is 30.3 Å². The zero-order valence-electron chi connectivity index (χ0n) is 19.7. The zero-order valence-corrected chi connectivity index (χ0v) is 20.6. The van der Waals surface area contributed by atoms with Crippen molar-refractivity contribution in [1.82, 2.24) is 14.9 Å². The summed E-state index contributed by atoms with van der Waals surface area (Å²) in [4.78, 5) is 29.5. The minimum Gasteiger partial charge on any atom is -0.497 e. The number of anilines is 1. The third kappa shape index (κ3) is 4.35. The van der Waals surface area contributed by atoms with E-state index in [1.165, 1.54) is 16.0 Å². The summed E-state index contributed by atoms with van der Waals surface area (Å²) in [5.41, 5.74) is 3.14. The van der Waals surface area contributed by atoms with E-state index >= 15 is 0 Å². The van der Waals surface area contributed by atoms with Crippen molar-refractivity contribution in [3.63, 3.8) is 0 Å². The molecule has 0 saturated carbocycles. The lowest BCUT2D eigenvalue weighted by Gasteiger charge is -2.36. The van der Waals surface area contributed by atoms with Crippen molar-refractivity contribution >= 4 is 33.3 Å². The Labute approximate surface area is 203 Å². The number of fused-ring (bicyclic) bond motifs is 1. The van der Waals surface area contributed by atoms with Crippen LogP contribution in [0.2, 0.25) is 0 Å². The zero-order chi connectivity index (χ0) is 23.7. The Morgan fingerprint density at radius 2 is 1.68 bits per heavy atom. The molecule has 0 unspecified atom stereocenters. The van der Waals surface area contributed by atoms with Crippen molar-refractivity contribution in [2.75, 3.05) is 38.2 Å². The Bertz CT molecular complexity index is 1310. The van der Waals surface area contributed by atoms with Gasteiger partial charge in [0.25, 0.3) is 5.91 Å². The molecule has 0 radical (unpaired) electrons. The highest BCUT2D eigenvalue weighted by molar-refractivity contribution is 7.18. The van der Waals surface area contributed by atoms with Crippen molar-refractivity contribution in [1.29, 1.82) is 0 Å². The number of aryl methyl sites for hydroxylation is 2. The Kier molecular flexibility index (Phi) is 6.20. The normalized spacial score (nSPS) is 14.0. The number of carbonyl (C=O) groups is 1. The molecule has 1 amide bonds. The minimum absolute atomic E-state index is 0.0578. The average Bonchev–Trinajstić information content (AvgIpc) is 3.17. The molecule has 174 valence electrons. The first kappa shape index (κ1) is 22.3. The second kappa shape index (κ2) is 9.43. The van der Waals surface area contributed by atoms with Crippen LogP contribution in [0, 0.1) is 13.8 Å².